The molecule has 0 aliphatic carbocycles. The maximum atomic E-state index is 14.1. The first-order valence-corrected chi connectivity index (χ1v) is 8.22. The number of hydrogen-bond donors (Lipinski definition) is 1. The van der Waals surface area contributed by atoms with Crippen LogP contribution in [0.1, 0.15) is 28.3 Å². The fraction of sp³-hybridized carbons (Fsp3) is 0.176. The Morgan fingerprint density at radius 2 is 2.13 bits per heavy atom. The largest absolute Gasteiger partial charge is 0.311 e. The third-order valence-corrected chi connectivity index (χ3v) is 4.92. The highest BCUT2D eigenvalue weighted by molar-refractivity contribution is 7.09. The smallest absolute Gasteiger partial charge is 0.226 e. The van der Waals surface area contributed by atoms with Crippen LogP contribution in [0, 0.1) is 5.82 Å². The van der Waals surface area contributed by atoms with Crippen molar-refractivity contribution in [1.82, 2.24) is 9.78 Å². The van der Waals surface area contributed by atoms with Gasteiger partial charge >= 0.3 is 0 Å². The maximum absolute atomic E-state index is 14.1. The van der Waals surface area contributed by atoms with Crippen molar-refractivity contribution in [3.63, 3.8) is 0 Å². The van der Waals surface area contributed by atoms with Crippen LogP contribution < -0.4 is 5.32 Å². The zero-order valence-electron chi connectivity index (χ0n) is 12.2. The van der Waals surface area contributed by atoms with Crippen LogP contribution in [0.15, 0.2) is 48.0 Å². The van der Waals surface area contributed by atoms with Crippen molar-refractivity contribution < 1.29 is 9.18 Å². The van der Waals surface area contributed by atoms with E-state index in [2.05, 4.69) is 10.4 Å². The average molecular weight is 327 g/mol. The number of anilines is 1. The number of carbonyl (C=O) groups excluding carboxylic acids is 1. The molecule has 0 radical (unpaired) electrons. The van der Waals surface area contributed by atoms with E-state index < -0.39 is 0 Å². The lowest BCUT2D eigenvalue weighted by Gasteiger charge is -2.24. The molecule has 1 atom stereocenters. The van der Waals surface area contributed by atoms with Gasteiger partial charge in [-0.05, 0) is 23.1 Å². The summed E-state index contributed by atoms with van der Waals surface area (Å²) in [6.45, 7) is 0.595. The number of benzene rings is 1. The van der Waals surface area contributed by atoms with Crippen LogP contribution in [0.25, 0.3) is 0 Å². The van der Waals surface area contributed by atoms with Gasteiger partial charge in [-0.1, -0.05) is 24.3 Å². The normalized spacial score (nSPS) is 16.9. The molecule has 1 unspecified atom stereocenters. The summed E-state index contributed by atoms with van der Waals surface area (Å²) in [4.78, 5) is 13.3. The van der Waals surface area contributed by atoms with Crippen molar-refractivity contribution in [2.45, 2.75) is 18.9 Å². The summed E-state index contributed by atoms with van der Waals surface area (Å²) < 4.78 is 15.9. The Bertz CT molecular complexity index is 857. The number of aromatic nitrogens is 2. The molecule has 0 saturated carbocycles. The second kappa shape index (κ2) is 5.62. The molecule has 0 spiro atoms. The zero-order chi connectivity index (χ0) is 15.8. The molecule has 1 N–H and O–H groups in total. The predicted molar refractivity (Wildman–Crippen MR) is 87.1 cm³/mol. The molecule has 6 heteroatoms. The van der Waals surface area contributed by atoms with Crippen molar-refractivity contribution in [3.05, 3.63) is 69.8 Å². The molecular weight excluding hydrogens is 313 g/mol. The van der Waals surface area contributed by atoms with Crippen LogP contribution in [-0.4, -0.2) is 15.7 Å². The van der Waals surface area contributed by atoms with Crippen molar-refractivity contribution in [3.8, 4) is 0 Å². The third kappa shape index (κ3) is 2.55. The van der Waals surface area contributed by atoms with Crippen LogP contribution in [-0.2, 0) is 11.3 Å². The van der Waals surface area contributed by atoms with Crippen LogP contribution in [0.5, 0.6) is 0 Å². The number of halogens is 1. The molecule has 23 heavy (non-hydrogen) atoms. The van der Waals surface area contributed by atoms with Gasteiger partial charge in [-0.2, -0.15) is 5.10 Å². The molecular formula is C17H14FN3OS. The standard InChI is InChI=1S/C17H14FN3OS/c18-15-6-2-1-5-12(15)13-8-16(22)20-17-14(13)9-19-21(17)10-11-4-3-7-23-11/h1-7,9,13H,8,10H2,(H,20,22). The van der Waals surface area contributed by atoms with Gasteiger partial charge in [-0.3, -0.25) is 4.79 Å². The Labute approximate surface area is 136 Å². The lowest BCUT2D eigenvalue weighted by molar-refractivity contribution is -0.116. The molecule has 3 heterocycles. The number of hydrogen-bond acceptors (Lipinski definition) is 3. The molecule has 1 amide bonds. The lowest BCUT2D eigenvalue weighted by Crippen LogP contribution is -2.25. The van der Waals surface area contributed by atoms with Gasteiger partial charge in [0.05, 0.1) is 12.7 Å². The number of rotatable bonds is 3. The van der Waals surface area contributed by atoms with E-state index in [9.17, 15) is 9.18 Å². The number of thiophene rings is 1. The van der Waals surface area contributed by atoms with E-state index >= 15 is 0 Å². The number of nitrogens with zero attached hydrogens (tertiary/aromatic N) is 2. The van der Waals surface area contributed by atoms with E-state index in [-0.39, 0.29) is 24.1 Å². The molecule has 2 aromatic heterocycles. The Morgan fingerprint density at radius 1 is 1.26 bits per heavy atom. The minimum absolute atomic E-state index is 0.112. The highest BCUT2D eigenvalue weighted by Crippen LogP contribution is 2.38. The molecule has 1 aliphatic heterocycles. The zero-order valence-corrected chi connectivity index (χ0v) is 13.0. The summed E-state index contributed by atoms with van der Waals surface area (Å²) in [5.74, 6) is -0.0252. The van der Waals surface area contributed by atoms with E-state index in [1.165, 1.54) is 6.07 Å². The number of nitrogens with one attached hydrogen (secondary N) is 1. The van der Waals surface area contributed by atoms with E-state index in [4.69, 9.17) is 0 Å². The fourth-order valence-electron chi connectivity index (χ4n) is 2.98. The first kappa shape index (κ1) is 14.1. The molecule has 0 bridgehead atoms. The summed E-state index contributed by atoms with van der Waals surface area (Å²) >= 11 is 1.64. The minimum Gasteiger partial charge on any atom is -0.311 e. The van der Waals surface area contributed by atoms with Gasteiger partial charge in [0.15, 0.2) is 0 Å². The van der Waals surface area contributed by atoms with E-state index in [1.54, 1.807) is 40.4 Å². The second-order valence-electron chi connectivity index (χ2n) is 5.51. The minimum atomic E-state index is -0.294. The van der Waals surface area contributed by atoms with Crippen molar-refractivity contribution in [2.24, 2.45) is 0 Å². The van der Waals surface area contributed by atoms with Gasteiger partial charge in [0.25, 0.3) is 0 Å². The average Bonchev–Trinajstić information content (AvgIpc) is 3.18. The highest BCUT2D eigenvalue weighted by Gasteiger charge is 2.31. The van der Waals surface area contributed by atoms with Gasteiger partial charge < -0.3 is 5.32 Å². The molecule has 116 valence electrons. The molecule has 1 aliphatic rings. The van der Waals surface area contributed by atoms with E-state index in [0.29, 0.717) is 17.9 Å². The van der Waals surface area contributed by atoms with E-state index in [1.807, 2.05) is 17.5 Å². The fourth-order valence-corrected chi connectivity index (χ4v) is 3.66. The van der Waals surface area contributed by atoms with Crippen LogP contribution >= 0.6 is 11.3 Å². The molecule has 3 aromatic rings. The topological polar surface area (TPSA) is 46.9 Å². The monoisotopic (exact) mass is 327 g/mol. The first-order valence-electron chi connectivity index (χ1n) is 7.35. The van der Waals surface area contributed by atoms with Crippen LogP contribution in [0.4, 0.5) is 10.2 Å². The Balaban J connectivity index is 1.75. The first-order chi connectivity index (χ1) is 11.2. The van der Waals surface area contributed by atoms with Crippen LogP contribution in [0.2, 0.25) is 0 Å². The van der Waals surface area contributed by atoms with Gasteiger partial charge in [0, 0.05) is 22.8 Å². The van der Waals surface area contributed by atoms with Gasteiger partial charge in [0.2, 0.25) is 5.91 Å². The summed E-state index contributed by atoms with van der Waals surface area (Å²) in [6, 6.07) is 10.6. The Morgan fingerprint density at radius 3 is 2.91 bits per heavy atom. The SMILES string of the molecule is O=C1CC(c2ccccc2F)c2cnn(Cc3cccs3)c2N1. The second-order valence-corrected chi connectivity index (χ2v) is 6.54. The maximum Gasteiger partial charge on any atom is 0.226 e. The van der Waals surface area contributed by atoms with E-state index in [0.717, 1.165) is 10.4 Å². The summed E-state index contributed by atoms with van der Waals surface area (Å²) in [5, 5.41) is 9.29. The lowest BCUT2D eigenvalue weighted by atomic mass is 9.87. The van der Waals surface area contributed by atoms with Crippen LogP contribution in [0.3, 0.4) is 0 Å². The summed E-state index contributed by atoms with van der Waals surface area (Å²) in [7, 11) is 0. The Kier molecular flexibility index (Phi) is 3.46. The van der Waals surface area contributed by atoms with Gasteiger partial charge in [-0.15, -0.1) is 11.3 Å². The predicted octanol–water partition coefficient (Wildman–Crippen LogP) is 3.61. The summed E-state index contributed by atoms with van der Waals surface area (Å²) in [5.41, 5.74) is 1.41. The third-order valence-electron chi connectivity index (χ3n) is 4.06. The number of fused-ring (bicyclic) bond motifs is 1. The van der Waals surface area contributed by atoms with Gasteiger partial charge in [0.1, 0.15) is 11.6 Å². The number of amides is 1. The quantitative estimate of drug-likeness (QED) is 0.799. The molecule has 4 nitrogen and oxygen atoms in total. The summed E-state index contributed by atoms with van der Waals surface area (Å²) in [6.07, 6.45) is 1.97. The molecule has 0 saturated heterocycles. The molecule has 1 aromatic carbocycles. The number of carbonyl (C=O) groups is 1. The van der Waals surface area contributed by atoms with Crippen molar-refractivity contribution >= 4 is 23.1 Å². The van der Waals surface area contributed by atoms with Crippen molar-refractivity contribution in [1.29, 1.82) is 0 Å². The molecule has 4 rings (SSSR count). The Hall–Kier alpha value is -2.47. The molecule has 0 fully saturated rings. The van der Waals surface area contributed by atoms with Gasteiger partial charge in [-0.25, -0.2) is 9.07 Å². The van der Waals surface area contributed by atoms with Crippen molar-refractivity contribution in [2.75, 3.05) is 5.32 Å². The highest BCUT2D eigenvalue weighted by atomic mass is 32.1.